The predicted molar refractivity (Wildman–Crippen MR) is 88.1 cm³/mol. The molecule has 0 aromatic heterocycles. The second-order valence-corrected chi connectivity index (χ2v) is 6.19. The number of benzene rings is 2. The van der Waals surface area contributed by atoms with Gasteiger partial charge in [0.15, 0.2) is 0 Å². The molecule has 3 nitrogen and oxygen atoms in total. The lowest BCUT2D eigenvalue weighted by Crippen LogP contribution is -2.52. The predicted octanol–water partition coefficient (Wildman–Crippen LogP) is 3.12. The summed E-state index contributed by atoms with van der Waals surface area (Å²) >= 11 is 0. The van der Waals surface area contributed by atoms with E-state index in [1.807, 2.05) is 0 Å². The summed E-state index contributed by atoms with van der Waals surface area (Å²) in [5.41, 5.74) is -1.69. The minimum Gasteiger partial charge on any atom is -0.382 e. The molecule has 0 bridgehead atoms. The normalized spacial score (nSPS) is 20.9. The van der Waals surface area contributed by atoms with Crippen LogP contribution in [0.2, 0.25) is 0 Å². The van der Waals surface area contributed by atoms with E-state index in [1.54, 1.807) is 36.4 Å². The molecule has 0 aliphatic carbocycles. The third kappa shape index (κ3) is 3.86. The fourth-order valence-electron chi connectivity index (χ4n) is 3.24. The van der Waals surface area contributed by atoms with E-state index in [1.165, 1.54) is 12.1 Å². The number of morpholine rings is 1. The average Bonchev–Trinajstić information content (AvgIpc) is 2.63. The summed E-state index contributed by atoms with van der Waals surface area (Å²) in [6.45, 7) is 1.43. The number of ether oxygens (including phenoxy) is 1. The minimum absolute atomic E-state index is 0.0514. The van der Waals surface area contributed by atoms with Crippen LogP contribution in [-0.2, 0) is 22.9 Å². The second-order valence-electron chi connectivity index (χ2n) is 6.19. The van der Waals surface area contributed by atoms with Gasteiger partial charge in [0.2, 0.25) is 0 Å². The zero-order valence-electron chi connectivity index (χ0n) is 13.6. The minimum atomic E-state index is -4.47. The Hall–Kier alpha value is -1.89. The van der Waals surface area contributed by atoms with Gasteiger partial charge >= 0.3 is 6.18 Å². The van der Waals surface area contributed by atoms with E-state index in [2.05, 4.69) is 5.32 Å². The zero-order valence-corrected chi connectivity index (χ0v) is 13.6. The third-order valence-corrected chi connectivity index (χ3v) is 4.52. The van der Waals surface area contributed by atoms with Gasteiger partial charge in [-0.15, -0.1) is 0 Å². The molecule has 134 valence electrons. The van der Waals surface area contributed by atoms with Crippen molar-refractivity contribution in [2.24, 2.45) is 0 Å². The van der Waals surface area contributed by atoms with Gasteiger partial charge in [0, 0.05) is 19.5 Å². The molecule has 0 saturated carbocycles. The van der Waals surface area contributed by atoms with Crippen molar-refractivity contribution >= 4 is 0 Å². The SMILES string of the molecule is OC(Cc1ccccc1C(F)(F)F)(c1ccccc1)C1CNCCO1. The highest BCUT2D eigenvalue weighted by Gasteiger charge is 2.43. The van der Waals surface area contributed by atoms with Crippen molar-refractivity contribution in [2.45, 2.75) is 24.3 Å². The van der Waals surface area contributed by atoms with Crippen molar-refractivity contribution in [3.05, 3.63) is 71.3 Å². The molecule has 0 amide bonds. The van der Waals surface area contributed by atoms with Gasteiger partial charge in [0.25, 0.3) is 0 Å². The van der Waals surface area contributed by atoms with Gasteiger partial charge in [0.05, 0.1) is 12.2 Å². The molecule has 2 unspecified atom stereocenters. The van der Waals surface area contributed by atoms with Crippen LogP contribution < -0.4 is 5.32 Å². The Balaban J connectivity index is 2.02. The van der Waals surface area contributed by atoms with E-state index in [0.717, 1.165) is 6.07 Å². The number of nitrogens with one attached hydrogen (secondary N) is 1. The summed E-state index contributed by atoms with van der Waals surface area (Å²) in [6, 6.07) is 14.1. The van der Waals surface area contributed by atoms with Gasteiger partial charge in [-0.1, -0.05) is 48.5 Å². The average molecular weight is 351 g/mol. The van der Waals surface area contributed by atoms with E-state index < -0.39 is 23.4 Å². The highest BCUT2D eigenvalue weighted by molar-refractivity contribution is 5.34. The van der Waals surface area contributed by atoms with Gasteiger partial charge < -0.3 is 15.2 Å². The molecule has 1 heterocycles. The standard InChI is InChI=1S/C19H20F3NO2/c20-19(21,22)16-9-5-4-6-14(16)12-18(24,15-7-2-1-3-8-15)17-13-23-10-11-25-17/h1-9,17,23-24H,10-13H2. The van der Waals surface area contributed by atoms with Crippen LogP contribution in [0.1, 0.15) is 16.7 Å². The summed E-state index contributed by atoms with van der Waals surface area (Å²) in [5, 5.41) is 14.6. The highest BCUT2D eigenvalue weighted by Crippen LogP contribution is 2.37. The first-order valence-corrected chi connectivity index (χ1v) is 8.16. The molecule has 1 fully saturated rings. The van der Waals surface area contributed by atoms with E-state index in [9.17, 15) is 18.3 Å². The molecule has 2 atom stereocenters. The van der Waals surface area contributed by atoms with Crippen LogP contribution in [0.15, 0.2) is 54.6 Å². The quantitative estimate of drug-likeness (QED) is 0.889. The smallest absolute Gasteiger partial charge is 0.382 e. The van der Waals surface area contributed by atoms with Crippen LogP contribution in [0.4, 0.5) is 13.2 Å². The number of rotatable bonds is 4. The molecular formula is C19H20F3NO2. The second kappa shape index (κ2) is 7.15. The summed E-state index contributed by atoms with van der Waals surface area (Å²) in [6.07, 6.45) is -5.29. The van der Waals surface area contributed by atoms with Crippen molar-refractivity contribution in [1.82, 2.24) is 5.32 Å². The number of aliphatic hydroxyl groups is 1. The highest BCUT2D eigenvalue weighted by atomic mass is 19.4. The van der Waals surface area contributed by atoms with Crippen molar-refractivity contribution in [3.63, 3.8) is 0 Å². The van der Waals surface area contributed by atoms with Crippen LogP contribution in [0.3, 0.4) is 0 Å². The molecule has 3 rings (SSSR count). The van der Waals surface area contributed by atoms with E-state index in [-0.39, 0.29) is 12.0 Å². The maximum Gasteiger partial charge on any atom is 0.416 e. The van der Waals surface area contributed by atoms with Crippen molar-refractivity contribution < 1.29 is 23.0 Å². The maximum atomic E-state index is 13.3. The van der Waals surface area contributed by atoms with Gasteiger partial charge in [-0.05, 0) is 17.2 Å². The zero-order chi connectivity index (χ0) is 17.9. The Morgan fingerprint density at radius 3 is 2.36 bits per heavy atom. The van der Waals surface area contributed by atoms with E-state index in [0.29, 0.717) is 25.3 Å². The summed E-state index contributed by atoms with van der Waals surface area (Å²) in [4.78, 5) is 0. The molecule has 2 aromatic carbocycles. The molecule has 25 heavy (non-hydrogen) atoms. The Kier molecular flexibility index (Phi) is 5.13. The molecule has 1 aliphatic rings. The van der Waals surface area contributed by atoms with E-state index >= 15 is 0 Å². The maximum absolute atomic E-state index is 13.3. The summed E-state index contributed by atoms with van der Waals surface area (Å²) in [7, 11) is 0. The Morgan fingerprint density at radius 1 is 1.04 bits per heavy atom. The number of halogens is 3. The number of hydrogen-bond acceptors (Lipinski definition) is 3. The van der Waals surface area contributed by atoms with E-state index in [4.69, 9.17) is 4.74 Å². The van der Waals surface area contributed by atoms with Crippen LogP contribution in [-0.4, -0.2) is 30.9 Å². The van der Waals surface area contributed by atoms with Gasteiger partial charge in [0.1, 0.15) is 11.7 Å². The lowest BCUT2D eigenvalue weighted by Gasteiger charge is -2.39. The largest absolute Gasteiger partial charge is 0.416 e. The number of alkyl halides is 3. The van der Waals surface area contributed by atoms with Crippen LogP contribution >= 0.6 is 0 Å². The Labute approximate surface area is 144 Å². The molecule has 0 radical (unpaired) electrons. The fourth-order valence-corrected chi connectivity index (χ4v) is 3.24. The van der Waals surface area contributed by atoms with Crippen molar-refractivity contribution in [3.8, 4) is 0 Å². The van der Waals surface area contributed by atoms with Crippen molar-refractivity contribution in [1.29, 1.82) is 0 Å². The summed E-state index contributed by atoms with van der Waals surface area (Å²) < 4.78 is 45.7. The molecule has 1 aliphatic heterocycles. The van der Waals surface area contributed by atoms with Gasteiger partial charge in [-0.3, -0.25) is 0 Å². The number of hydrogen-bond donors (Lipinski definition) is 2. The molecule has 1 saturated heterocycles. The lowest BCUT2D eigenvalue weighted by atomic mass is 9.81. The molecular weight excluding hydrogens is 331 g/mol. The topological polar surface area (TPSA) is 41.5 Å². The van der Waals surface area contributed by atoms with Crippen LogP contribution in [0, 0.1) is 0 Å². The van der Waals surface area contributed by atoms with Crippen molar-refractivity contribution in [2.75, 3.05) is 19.7 Å². The molecule has 2 N–H and O–H groups in total. The first kappa shape index (κ1) is 17.9. The van der Waals surface area contributed by atoms with Crippen LogP contribution in [0.5, 0.6) is 0 Å². The molecule has 2 aromatic rings. The van der Waals surface area contributed by atoms with Gasteiger partial charge in [-0.25, -0.2) is 0 Å². The fraction of sp³-hybridized carbons (Fsp3) is 0.368. The molecule has 6 heteroatoms. The lowest BCUT2D eigenvalue weighted by molar-refractivity contribution is -0.141. The monoisotopic (exact) mass is 351 g/mol. The summed E-state index contributed by atoms with van der Waals surface area (Å²) in [5.74, 6) is 0. The first-order valence-electron chi connectivity index (χ1n) is 8.16. The Morgan fingerprint density at radius 2 is 1.72 bits per heavy atom. The third-order valence-electron chi connectivity index (χ3n) is 4.52. The van der Waals surface area contributed by atoms with Gasteiger partial charge in [-0.2, -0.15) is 13.2 Å². The van der Waals surface area contributed by atoms with Crippen LogP contribution in [0.25, 0.3) is 0 Å². The Bertz CT molecular complexity index is 699. The molecule has 0 spiro atoms. The first-order chi connectivity index (χ1) is 11.9.